The van der Waals surface area contributed by atoms with Crippen molar-refractivity contribution in [3.8, 4) is 0 Å². The zero-order chi connectivity index (χ0) is 17.8. The van der Waals surface area contributed by atoms with Gasteiger partial charge in [0.1, 0.15) is 6.04 Å². The Morgan fingerprint density at radius 1 is 1.32 bits per heavy atom. The highest BCUT2D eigenvalue weighted by Crippen LogP contribution is 2.41. The summed E-state index contributed by atoms with van der Waals surface area (Å²) in [6.45, 7) is 4.24. The van der Waals surface area contributed by atoms with E-state index in [4.69, 9.17) is 0 Å². The molecule has 2 N–H and O–H groups in total. The standard InChI is InChI=1S/C19H30N4O2/c1-13(2)15(8-11-24)22-18(25)17-12-14-6-3-4-7-16(14)23(17)19-20-9-5-10-21-19/h5,9-10,13-17,24H,3-4,6-8,11-12H2,1-2H3,(H,22,25)/t14-,15-,16+,17-/m0/s1. The molecule has 2 fully saturated rings. The Kier molecular flexibility index (Phi) is 5.89. The van der Waals surface area contributed by atoms with Crippen molar-refractivity contribution >= 4 is 11.9 Å². The second-order valence-corrected chi connectivity index (χ2v) is 7.69. The number of amides is 1. The molecule has 1 saturated carbocycles. The lowest BCUT2D eigenvalue weighted by Crippen LogP contribution is -2.51. The fourth-order valence-electron chi connectivity index (χ4n) is 4.40. The van der Waals surface area contributed by atoms with Gasteiger partial charge in [-0.2, -0.15) is 0 Å². The lowest BCUT2D eigenvalue weighted by molar-refractivity contribution is -0.123. The quantitative estimate of drug-likeness (QED) is 0.825. The highest BCUT2D eigenvalue weighted by molar-refractivity contribution is 5.86. The van der Waals surface area contributed by atoms with Crippen LogP contribution < -0.4 is 10.2 Å². The molecular formula is C19H30N4O2. The smallest absolute Gasteiger partial charge is 0.243 e. The van der Waals surface area contributed by atoms with Crippen molar-refractivity contribution in [3.63, 3.8) is 0 Å². The number of nitrogens with one attached hydrogen (secondary N) is 1. The van der Waals surface area contributed by atoms with E-state index in [0.29, 0.717) is 30.2 Å². The Morgan fingerprint density at radius 3 is 2.72 bits per heavy atom. The Morgan fingerprint density at radius 2 is 2.04 bits per heavy atom. The summed E-state index contributed by atoms with van der Waals surface area (Å²) >= 11 is 0. The van der Waals surface area contributed by atoms with Crippen molar-refractivity contribution in [2.45, 2.75) is 70.5 Å². The van der Waals surface area contributed by atoms with Gasteiger partial charge in [0.2, 0.25) is 11.9 Å². The molecular weight excluding hydrogens is 316 g/mol. The van der Waals surface area contributed by atoms with Crippen molar-refractivity contribution in [2.24, 2.45) is 11.8 Å². The Balaban J connectivity index is 1.81. The van der Waals surface area contributed by atoms with Gasteiger partial charge in [-0.05, 0) is 43.6 Å². The van der Waals surface area contributed by atoms with Gasteiger partial charge < -0.3 is 15.3 Å². The second kappa shape index (κ2) is 8.13. The number of aliphatic hydroxyl groups excluding tert-OH is 1. The van der Waals surface area contributed by atoms with Crippen LogP contribution in [-0.2, 0) is 4.79 Å². The number of carbonyl (C=O) groups excluding carboxylic acids is 1. The van der Waals surface area contributed by atoms with Crippen molar-refractivity contribution in [1.29, 1.82) is 0 Å². The average molecular weight is 346 g/mol. The van der Waals surface area contributed by atoms with Crippen LogP contribution in [0.15, 0.2) is 18.5 Å². The van der Waals surface area contributed by atoms with Gasteiger partial charge in [0, 0.05) is 31.1 Å². The Labute approximate surface area is 150 Å². The van der Waals surface area contributed by atoms with Crippen molar-refractivity contribution in [2.75, 3.05) is 11.5 Å². The zero-order valence-electron chi connectivity index (χ0n) is 15.3. The number of nitrogens with zero attached hydrogens (tertiary/aromatic N) is 3. The SMILES string of the molecule is CC(C)[C@H](CCO)NC(=O)[C@@H]1C[C@@H]2CCCC[C@H]2N1c1ncccn1. The number of carbonyl (C=O) groups is 1. The number of anilines is 1. The van der Waals surface area contributed by atoms with Crippen LogP contribution in [-0.4, -0.2) is 45.7 Å². The summed E-state index contributed by atoms with van der Waals surface area (Å²) in [6, 6.07) is 1.96. The molecule has 0 spiro atoms. The monoisotopic (exact) mass is 346 g/mol. The van der Waals surface area contributed by atoms with Crippen LogP contribution >= 0.6 is 0 Å². The summed E-state index contributed by atoms with van der Waals surface area (Å²) in [7, 11) is 0. The zero-order valence-corrected chi connectivity index (χ0v) is 15.3. The maximum absolute atomic E-state index is 13.1. The number of aromatic nitrogens is 2. The van der Waals surface area contributed by atoms with Gasteiger partial charge in [0.25, 0.3) is 0 Å². The van der Waals surface area contributed by atoms with Gasteiger partial charge in [-0.3, -0.25) is 4.79 Å². The summed E-state index contributed by atoms with van der Waals surface area (Å²) in [5.41, 5.74) is 0. The molecule has 1 saturated heterocycles. The molecule has 0 unspecified atom stereocenters. The molecule has 0 radical (unpaired) electrons. The molecule has 0 aromatic carbocycles. The fourth-order valence-corrected chi connectivity index (χ4v) is 4.40. The molecule has 6 nitrogen and oxygen atoms in total. The minimum absolute atomic E-state index is 0.00123. The summed E-state index contributed by atoms with van der Waals surface area (Å²) in [4.78, 5) is 24.1. The van der Waals surface area contributed by atoms with Crippen LogP contribution in [0.2, 0.25) is 0 Å². The van der Waals surface area contributed by atoms with Gasteiger partial charge in [0.05, 0.1) is 0 Å². The first kappa shape index (κ1) is 18.1. The van der Waals surface area contributed by atoms with Crippen LogP contribution in [0.25, 0.3) is 0 Å². The van der Waals surface area contributed by atoms with Gasteiger partial charge in [0.15, 0.2) is 0 Å². The summed E-state index contributed by atoms with van der Waals surface area (Å²) in [5.74, 6) is 1.55. The van der Waals surface area contributed by atoms with E-state index in [1.807, 2.05) is 6.07 Å². The average Bonchev–Trinajstić information content (AvgIpc) is 3.01. The minimum atomic E-state index is -0.213. The molecule has 25 heavy (non-hydrogen) atoms. The first-order valence-electron chi connectivity index (χ1n) is 9.58. The normalized spacial score (nSPS) is 27.2. The molecule has 6 heteroatoms. The van der Waals surface area contributed by atoms with E-state index >= 15 is 0 Å². The number of fused-ring (bicyclic) bond motifs is 1. The fraction of sp³-hybridized carbons (Fsp3) is 0.737. The van der Waals surface area contributed by atoms with Gasteiger partial charge >= 0.3 is 0 Å². The molecule has 3 rings (SSSR count). The van der Waals surface area contributed by atoms with E-state index in [0.717, 1.165) is 12.8 Å². The molecule has 2 heterocycles. The lowest BCUT2D eigenvalue weighted by atomic mass is 9.84. The highest BCUT2D eigenvalue weighted by Gasteiger charge is 2.46. The third kappa shape index (κ3) is 3.94. The highest BCUT2D eigenvalue weighted by atomic mass is 16.3. The van der Waals surface area contributed by atoms with Crippen LogP contribution in [0.5, 0.6) is 0 Å². The van der Waals surface area contributed by atoms with Gasteiger partial charge in [-0.1, -0.05) is 26.7 Å². The van der Waals surface area contributed by atoms with E-state index in [-0.39, 0.29) is 24.6 Å². The summed E-state index contributed by atoms with van der Waals surface area (Å²) in [5, 5.41) is 12.5. The van der Waals surface area contributed by atoms with E-state index < -0.39 is 0 Å². The first-order chi connectivity index (χ1) is 12.1. The predicted molar refractivity (Wildman–Crippen MR) is 97.1 cm³/mol. The molecule has 0 bridgehead atoms. The maximum atomic E-state index is 13.1. The third-order valence-electron chi connectivity index (χ3n) is 5.75. The molecule has 4 atom stereocenters. The van der Waals surface area contributed by atoms with Crippen LogP contribution in [0.1, 0.15) is 52.4 Å². The largest absolute Gasteiger partial charge is 0.396 e. The number of aliphatic hydroxyl groups is 1. The molecule has 1 aromatic heterocycles. The molecule has 1 aliphatic heterocycles. The van der Waals surface area contributed by atoms with Crippen LogP contribution in [0.3, 0.4) is 0 Å². The minimum Gasteiger partial charge on any atom is -0.396 e. The van der Waals surface area contributed by atoms with Crippen molar-refractivity contribution in [1.82, 2.24) is 15.3 Å². The van der Waals surface area contributed by atoms with E-state index in [2.05, 4.69) is 34.0 Å². The van der Waals surface area contributed by atoms with Gasteiger partial charge in [-0.15, -0.1) is 0 Å². The molecule has 2 aliphatic rings. The number of rotatable bonds is 6. The van der Waals surface area contributed by atoms with Crippen molar-refractivity contribution in [3.05, 3.63) is 18.5 Å². The Hall–Kier alpha value is -1.69. The topological polar surface area (TPSA) is 78.4 Å². The lowest BCUT2D eigenvalue weighted by Gasteiger charge is -2.34. The number of hydrogen-bond donors (Lipinski definition) is 2. The van der Waals surface area contributed by atoms with Crippen molar-refractivity contribution < 1.29 is 9.90 Å². The van der Waals surface area contributed by atoms with Gasteiger partial charge in [-0.25, -0.2) is 9.97 Å². The summed E-state index contributed by atoms with van der Waals surface area (Å²) < 4.78 is 0. The van der Waals surface area contributed by atoms with E-state index in [9.17, 15) is 9.90 Å². The maximum Gasteiger partial charge on any atom is 0.243 e. The van der Waals surface area contributed by atoms with Crippen LogP contribution in [0.4, 0.5) is 5.95 Å². The van der Waals surface area contributed by atoms with E-state index in [1.54, 1.807) is 12.4 Å². The number of hydrogen-bond acceptors (Lipinski definition) is 5. The van der Waals surface area contributed by atoms with E-state index in [1.165, 1.54) is 19.3 Å². The molecule has 1 aromatic rings. The Bertz CT molecular complexity index is 566. The predicted octanol–water partition coefficient (Wildman–Crippen LogP) is 2.14. The molecule has 1 aliphatic carbocycles. The third-order valence-corrected chi connectivity index (χ3v) is 5.75. The molecule has 1 amide bonds. The molecule has 138 valence electrons. The summed E-state index contributed by atoms with van der Waals surface area (Å²) in [6.07, 6.45) is 9.70. The first-order valence-corrected chi connectivity index (χ1v) is 9.58. The van der Waals surface area contributed by atoms with Crippen LogP contribution in [0, 0.1) is 11.8 Å². The second-order valence-electron chi connectivity index (χ2n) is 7.69.